The first-order chi connectivity index (χ1) is 13.9. The fourth-order valence-corrected chi connectivity index (χ4v) is 6.11. The first-order valence-corrected chi connectivity index (χ1v) is 11.7. The molecule has 4 fully saturated rings. The molecule has 6 unspecified atom stereocenters. The third-order valence-electron chi connectivity index (χ3n) is 7.83. The van der Waals surface area contributed by atoms with Crippen LogP contribution in [0.2, 0.25) is 0 Å². The van der Waals surface area contributed by atoms with Gasteiger partial charge in [-0.15, -0.1) is 0 Å². The summed E-state index contributed by atoms with van der Waals surface area (Å²) in [5.74, 6) is -0.466. The molecular formula is C23H36O6. The highest BCUT2D eigenvalue weighted by atomic mass is 16.6. The molecule has 0 bridgehead atoms. The van der Waals surface area contributed by atoms with Crippen LogP contribution in [-0.2, 0) is 19.1 Å². The molecule has 2 saturated heterocycles. The number of aliphatic carboxylic acids is 2. The van der Waals surface area contributed by atoms with E-state index >= 15 is 0 Å². The third kappa shape index (κ3) is 5.52. The van der Waals surface area contributed by atoms with Crippen LogP contribution in [0.1, 0.15) is 89.9 Å². The lowest BCUT2D eigenvalue weighted by molar-refractivity contribution is -0.152. The molecule has 2 saturated carbocycles. The van der Waals surface area contributed by atoms with Crippen LogP contribution in [0.25, 0.3) is 0 Å². The molecule has 164 valence electrons. The summed E-state index contributed by atoms with van der Waals surface area (Å²) in [6.45, 7) is 0. The number of hydrogen-bond acceptors (Lipinski definition) is 4. The van der Waals surface area contributed by atoms with Crippen molar-refractivity contribution in [1.82, 2.24) is 0 Å². The number of unbranched alkanes of at least 4 members (excludes halogenated alkanes) is 3. The molecule has 4 rings (SSSR count). The molecule has 0 amide bonds. The maximum atomic E-state index is 12.6. The van der Waals surface area contributed by atoms with Crippen LogP contribution < -0.4 is 0 Å². The highest BCUT2D eigenvalue weighted by molar-refractivity contribution is 5.74. The summed E-state index contributed by atoms with van der Waals surface area (Å²) >= 11 is 0. The molecule has 0 aromatic rings. The van der Waals surface area contributed by atoms with Crippen LogP contribution in [0.4, 0.5) is 0 Å². The monoisotopic (exact) mass is 408 g/mol. The van der Waals surface area contributed by atoms with Gasteiger partial charge in [0.1, 0.15) is 0 Å². The first-order valence-electron chi connectivity index (χ1n) is 11.7. The number of epoxide rings is 2. The molecule has 4 aliphatic rings. The maximum Gasteiger partial charge on any atom is 0.309 e. The molecule has 0 spiro atoms. The number of hydrogen-bond donors (Lipinski definition) is 2. The summed E-state index contributed by atoms with van der Waals surface area (Å²) < 4.78 is 11.4. The van der Waals surface area contributed by atoms with Gasteiger partial charge in [-0.25, -0.2) is 0 Å². The van der Waals surface area contributed by atoms with Gasteiger partial charge in [-0.3, -0.25) is 9.59 Å². The van der Waals surface area contributed by atoms with Gasteiger partial charge < -0.3 is 19.7 Å². The number of carbonyl (C=O) groups is 2. The van der Waals surface area contributed by atoms with Crippen LogP contribution in [0.15, 0.2) is 0 Å². The van der Waals surface area contributed by atoms with Crippen molar-refractivity contribution in [1.29, 1.82) is 0 Å². The summed E-state index contributed by atoms with van der Waals surface area (Å²) in [4.78, 5) is 23.3. The molecule has 2 N–H and O–H groups in total. The zero-order chi connectivity index (χ0) is 20.4. The smallest absolute Gasteiger partial charge is 0.309 e. The molecule has 2 aliphatic heterocycles. The second kappa shape index (κ2) is 8.93. The van der Waals surface area contributed by atoms with E-state index in [-0.39, 0.29) is 6.42 Å². The molecule has 6 nitrogen and oxygen atoms in total. The Hall–Kier alpha value is -1.14. The largest absolute Gasteiger partial charge is 0.481 e. The number of fused-ring (bicyclic) bond motifs is 2. The zero-order valence-electron chi connectivity index (χ0n) is 17.4. The van der Waals surface area contributed by atoms with E-state index in [0.29, 0.717) is 49.1 Å². The quantitative estimate of drug-likeness (QED) is 0.367. The van der Waals surface area contributed by atoms with Crippen molar-refractivity contribution in [2.45, 2.75) is 114 Å². The van der Waals surface area contributed by atoms with Crippen molar-refractivity contribution in [2.75, 3.05) is 0 Å². The van der Waals surface area contributed by atoms with E-state index in [0.717, 1.165) is 70.6 Å². The molecule has 0 aromatic carbocycles. The van der Waals surface area contributed by atoms with Gasteiger partial charge in [-0.2, -0.15) is 0 Å². The Balaban J connectivity index is 1.35. The predicted molar refractivity (Wildman–Crippen MR) is 107 cm³/mol. The highest BCUT2D eigenvalue weighted by Crippen LogP contribution is 2.50. The second-order valence-corrected chi connectivity index (χ2v) is 10.1. The molecule has 29 heavy (non-hydrogen) atoms. The van der Waals surface area contributed by atoms with E-state index in [2.05, 4.69) is 0 Å². The minimum Gasteiger partial charge on any atom is -0.481 e. The lowest BCUT2D eigenvalue weighted by Gasteiger charge is -2.37. The highest BCUT2D eigenvalue weighted by Gasteiger charge is 2.50. The van der Waals surface area contributed by atoms with Crippen LogP contribution in [0.3, 0.4) is 0 Å². The Kier molecular flexibility index (Phi) is 6.50. The summed E-state index contributed by atoms with van der Waals surface area (Å²) in [6.07, 6.45) is 13.9. The van der Waals surface area contributed by atoms with E-state index in [1.165, 1.54) is 0 Å². The SMILES string of the molecule is O=C(O)CCCCCCC(CC1CCC2OC2C1)(CC1CCC2OC2C1)C(=O)O. The predicted octanol–water partition coefficient (Wildman–Crippen LogP) is 4.40. The van der Waals surface area contributed by atoms with Crippen molar-refractivity contribution in [3.63, 3.8) is 0 Å². The van der Waals surface area contributed by atoms with Crippen molar-refractivity contribution in [3.05, 3.63) is 0 Å². The summed E-state index contributed by atoms with van der Waals surface area (Å²) in [6, 6.07) is 0. The van der Waals surface area contributed by atoms with Crippen LogP contribution in [-0.4, -0.2) is 46.6 Å². The molecule has 0 aromatic heterocycles. The summed E-state index contributed by atoms with van der Waals surface area (Å²) in [5.41, 5.74) is -0.647. The number of carboxylic acid groups (broad SMARTS) is 2. The van der Waals surface area contributed by atoms with Crippen molar-refractivity contribution >= 4 is 11.9 Å². The Morgan fingerprint density at radius 3 is 1.79 bits per heavy atom. The van der Waals surface area contributed by atoms with Gasteiger partial charge in [-0.1, -0.05) is 19.3 Å². The Labute approximate surface area is 173 Å². The van der Waals surface area contributed by atoms with Gasteiger partial charge in [0.2, 0.25) is 0 Å². The Morgan fingerprint density at radius 1 is 0.759 bits per heavy atom. The van der Waals surface area contributed by atoms with E-state index in [1.807, 2.05) is 0 Å². The van der Waals surface area contributed by atoms with Crippen LogP contribution >= 0.6 is 0 Å². The van der Waals surface area contributed by atoms with E-state index in [4.69, 9.17) is 14.6 Å². The topological polar surface area (TPSA) is 99.7 Å². The minimum atomic E-state index is -0.749. The van der Waals surface area contributed by atoms with Crippen molar-refractivity contribution in [3.8, 4) is 0 Å². The van der Waals surface area contributed by atoms with Gasteiger partial charge in [0.25, 0.3) is 0 Å². The second-order valence-electron chi connectivity index (χ2n) is 10.1. The maximum absolute atomic E-state index is 12.6. The lowest BCUT2D eigenvalue weighted by atomic mass is 9.66. The Morgan fingerprint density at radius 2 is 1.31 bits per heavy atom. The van der Waals surface area contributed by atoms with E-state index in [9.17, 15) is 14.7 Å². The van der Waals surface area contributed by atoms with Gasteiger partial charge in [-0.05, 0) is 76.0 Å². The molecule has 2 heterocycles. The van der Waals surface area contributed by atoms with E-state index in [1.54, 1.807) is 0 Å². The average Bonchev–Trinajstić information content (AvgIpc) is 3.57. The molecular weight excluding hydrogens is 372 g/mol. The van der Waals surface area contributed by atoms with Crippen molar-refractivity contribution < 1.29 is 29.3 Å². The first kappa shape index (κ1) is 21.1. The molecule has 6 atom stereocenters. The summed E-state index contributed by atoms with van der Waals surface area (Å²) in [7, 11) is 0. The van der Waals surface area contributed by atoms with Gasteiger partial charge >= 0.3 is 11.9 Å². The number of carboxylic acids is 2. The number of ether oxygens (including phenoxy) is 2. The van der Waals surface area contributed by atoms with Gasteiger partial charge in [0.15, 0.2) is 0 Å². The normalized spacial score (nSPS) is 37.1. The minimum absolute atomic E-state index is 0.208. The standard InChI is InChI=1S/C23H36O6/c24-21(25)5-3-1-2-4-10-23(22(26)27,13-15-6-8-17-19(11-15)28-17)14-16-7-9-18-20(12-16)29-18/h15-20H,1-14H2,(H,24,25)(H,26,27). The molecule has 2 aliphatic carbocycles. The van der Waals surface area contributed by atoms with E-state index < -0.39 is 17.4 Å². The van der Waals surface area contributed by atoms with Crippen LogP contribution in [0, 0.1) is 17.3 Å². The molecule has 0 radical (unpaired) electrons. The van der Waals surface area contributed by atoms with Crippen LogP contribution in [0.5, 0.6) is 0 Å². The average molecular weight is 409 g/mol. The van der Waals surface area contributed by atoms with Crippen molar-refractivity contribution in [2.24, 2.45) is 17.3 Å². The Bertz CT molecular complexity index is 574. The third-order valence-corrected chi connectivity index (χ3v) is 7.83. The molecule has 6 heteroatoms. The zero-order valence-corrected chi connectivity index (χ0v) is 17.4. The fourth-order valence-electron chi connectivity index (χ4n) is 6.11. The summed E-state index contributed by atoms with van der Waals surface area (Å²) in [5, 5.41) is 19.2. The van der Waals surface area contributed by atoms with Gasteiger partial charge in [0, 0.05) is 6.42 Å². The number of rotatable bonds is 12. The lowest BCUT2D eigenvalue weighted by Crippen LogP contribution is -2.37. The fraction of sp³-hybridized carbons (Fsp3) is 0.913. The van der Waals surface area contributed by atoms with Gasteiger partial charge in [0.05, 0.1) is 29.8 Å².